The molecule has 6 heteroatoms. The third-order valence-electron chi connectivity index (χ3n) is 2.66. The van der Waals surface area contributed by atoms with Gasteiger partial charge in [-0.15, -0.1) is 11.3 Å². The number of ether oxygens (including phenoxy) is 1. The van der Waals surface area contributed by atoms with E-state index in [2.05, 4.69) is 10.5 Å². The second-order valence-electron chi connectivity index (χ2n) is 4.00. The summed E-state index contributed by atoms with van der Waals surface area (Å²) in [6.45, 7) is 1.70. The lowest BCUT2D eigenvalue weighted by atomic mass is 10.1. The Morgan fingerprint density at radius 1 is 1.40 bits per heavy atom. The number of amides is 1. The molecule has 1 amide bonds. The van der Waals surface area contributed by atoms with E-state index in [9.17, 15) is 9.90 Å². The molecule has 0 unspecified atom stereocenters. The zero-order valence-corrected chi connectivity index (χ0v) is 11.9. The fourth-order valence-corrected chi connectivity index (χ4v) is 2.22. The number of thiophene rings is 1. The molecule has 1 aromatic heterocycles. The van der Waals surface area contributed by atoms with E-state index in [0.29, 0.717) is 21.9 Å². The summed E-state index contributed by atoms with van der Waals surface area (Å²) in [5.74, 6) is 0.338. The number of nitrogens with zero attached hydrogens (tertiary/aromatic N) is 1. The second-order valence-corrected chi connectivity index (χ2v) is 4.95. The fraction of sp³-hybridized carbons (Fsp3) is 0.143. The first kappa shape index (κ1) is 14.1. The number of hydrogen-bond donors (Lipinski definition) is 2. The summed E-state index contributed by atoms with van der Waals surface area (Å²) in [7, 11) is 1.52. The summed E-state index contributed by atoms with van der Waals surface area (Å²) in [5, 5.41) is 15.7. The van der Waals surface area contributed by atoms with Crippen LogP contribution in [0.3, 0.4) is 0 Å². The zero-order chi connectivity index (χ0) is 14.5. The quantitative estimate of drug-likeness (QED) is 0.671. The van der Waals surface area contributed by atoms with Gasteiger partial charge in [-0.25, -0.2) is 5.43 Å². The summed E-state index contributed by atoms with van der Waals surface area (Å²) in [4.78, 5) is 12.3. The maximum atomic E-state index is 11.7. The van der Waals surface area contributed by atoms with Gasteiger partial charge in [0.15, 0.2) is 0 Å². The largest absolute Gasteiger partial charge is 0.507 e. The van der Waals surface area contributed by atoms with E-state index in [0.717, 1.165) is 0 Å². The molecule has 2 N–H and O–H groups in total. The van der Waals surface area contributed by atoms with E-state index in [4.69, 9.17) is 4.74 Å². The van der Waals surface area contributed by atoms with Crippen LogP contribution in [-0.4, -0.2) is 23.8 Å². The van der Waals surface area contributed by atoms with Crippen LogP contribution in [-0.2, 0) is 0 Å². The minimum atomic E-state index is -0.271. The number of carbonyl (C=O) groups excluding carboxylic acids is 1. The maximum absolute atomic E-state index is 11.7. The van der Waals surface area contributed by atoms with Crippen molar-refractivity contribution in [2.45, 2.75) is 6.92 Å². The van der Waals surface area contributed by atoms with Gasteiger partial charge in [0, 0.05) is 11.6 Å². The highest BCUT2D eigenvalue weighted by molar-refractivity contribution is 7.12. The Balaban J connectivity index is 2.12. The van der Waals surface area contributed by atoms with Gasteiger partial charge >= 0.3 is 0 Å². The monoisotopic (exact) mass is 290 g/mol. The number of hydrogen-bond acceptors (Lipinski definition) is 5. The summed E-state index contributed by atoms with van der Waals surface area (Å²) in [6.07, 6.45) is 0. The number of benzene rings is 1. The van der Waals surface area contributed by atoms with Crippen LogP contribution in [0.5, 0.6) is 11.5 Å². The van der Waals surface area contributed by atoms with Crippen LogP contribution >= 0.6 is 11.3 Å². The molecule has 0 aliphatic heterocycles. The van der Waals surface area contributed by atoms with Crippen molar-refractivity contribution in [2.24, 2.45) is 5.10 Å². The number of aromatic hydroxyl groups is 1. The number of phenols is 1. The van der Waals surface area contributed by atoms with E-state index < -0.39 is 0 Å². The predicted octanol–water partition coefficient (Wildman–Crippen LogP) is 2.62. The lowest BCUT2D eigenvalue weighted by Gasteiger charge is -2.06. The van der Waals surface area contributed by atoms with E-state index >= 15 is 0 Å². The molecular weight excluding hydrogens is 276 g/mol. The number of carbonyl (C=O) groups is 1. The van der Waals surface area contributed by atoms with Crippen molar-refractivity contribution < 1.29 is 14.6 Å². The smallest absolute Gasteiger partial charge is 0.281 e. The van der Waals surface area contributed by atoms with E-state index in [1.54, 1.807) is 31.2 Å². The fourth-order valence-electron chi connectivity index (χ4n) is 1.60. The van der Waals surface area contributed by atoms with Crippen LogP contribution in [0.25, 0.3) is 0 Å². The molecule has 0 spiro atoms. The Labute approximate surface area is 120 Å². The molecule has 1 aromatic carbocycles. The average molecular weight is 290 g/mol. The number of rotatable bonds is 4. The first-order chi connectivity index (χ1) is 9.61. The molecule has 0 radical (unpaired) electrons. The standard InChI is InChI=1S/C14H14N2O3S/c1-9(11-6-5-10(19-2)8-12(11)17)15-16-14(18)13-4-3-7-20-13/h3-8,17H,1-2H3,(H,16,18). The molecule has 5 nitrogen and oxygen atoms in total. The van der Waals surface area contributed by atoms with Crippen molar-refractivity contribution in [3.63, 3.8) is 0 Å². The topological polar surface area (TPSA) is 70.9 Å². The highest BCUT2D eigenvalue weighted by Gasteiger charge is 2.08. The zero-order valence-electron chi connectivity index (χ0n) is 11.1. The molecule has 0 fully saturated rings. The van der Waals surface area contributed by atoms with Gasteiger partial charge in [-0.1, -0.05) is 6.07 Å². The molecule has 0 aliphatic rings. The molecule has 20 heavy (non-hydrogen) atoms. The van der Waals surface area contributed by atoms with Crippen molar-refractivity contribution in [3.8, 4) is 11.5 Å². The lowest BCUT2D eigenvalue weighted by molar-refractivity contribution is 0.0959. The van der Waals surface area contributed by atoms with Crippen LogP contribution in [0.4, 0.5) is 0 Å². The third-order valence-corrected chi connectivity index (χ3v) is 3.53. The second kappa shape index (κ2) is 6.21. The van der Waals surface area contributed by atoms with Crippen molar-refractivity contribution in [3.05, 3.63) is 46.2 Å². The normalized spacial score (nSPS) is 11.2. The molecule has 104 valence electrons. The minimum Gasteiger partial charge on any atom is -0.507 e. The van der Waals surface area contributed by atoms with Crippen LogP contribution in [0, 0.1) is 0 Å². The summed E-state index contributed by atoms with van der Waals surface area (Å²) < 4.78 is 5.01. The maximum Gasteiger partial charge on any atom is 0.281 e. The van der Waals surface area contributed by atoms with Gasteiger partial charge in [-0.05, 0) is 30.5 Å². The number of methoxy groups -OCH3 is 1. The molecule has 2 rings (SSSR count). The molecule has 1 heterocycles. The molecule has 0 atom stereocenters. The lowest BCUT2D eigenvalue weighted by Crippen LogP contribution is -2.18. The molecule has 2 aromatic rings. The molecule has 0 saturated heterocycles. The SMILES string of the molecule is COc1ccc(C(C)=NNC(=O)c2cccs2)c(O)c1. The number of nitrogens with one attached hydrogen (secondary N) is 1. The number of hydrazone groups is 1. The summed E-state index contributed by atoms with van der Waals surface area (Å²) in [5.41, 5.74) is 3.50. The summed E-state index contributed by atoms with van der Waals surface area (Å²) in [6, 6.07) is 8.41. The third kappa shape index (κ3) is 3.16. The minimum absolute atomic E-state index is 0.0518. The van der Waals surface area contributed by atoms with Crippen LogP contribution in [0.1, 0.15) is 22.2 Å². The number of phenolic OH excluding ortho intramolecular Hbond substituents is 1. The van der Waals surface area contributed by atoms with Gasteiger partial charge in [0.2, 0.25) is 0 Å². The Bertz CT molecular complexity index is 636. The van der Waals surface area contributed by atoms with Gasteiger partial charge in [0.05, 0.1) is 17.7 Å². The predicted molar refractivity (Wildman–Crippen MR) is 78.7 cm³/mol. The molecule has 0 saturated carbocycles. The average Bonchev–Trinajstić information content (AvgIpc) is 2.98. The van der Waals surface area contributed by atoms with Gasteiger partial charge in [-0.2, -0.15) is 5.10 Å². The van der Waals surface area contributed by atoms with E-state index in [-0.39, 0.29) is 11.7 Å². The van der Waals surface area contributed by atoms with Crippen molar-refractivity contribution >= 4 is 23.0 Å². The van der Waals surface area contributed by atoms with E-state index in [1.807, 2.05) is 5.38 Å². The van der Waals surface area contributed by atoms with Gasteiger partial charge in [-0.3, -0.25) is 4.79 Å². The Morgan fingerprint density at radius 3 is 2.80 bits per heavy atom. The van der Waals surface area contributed by atoms with Crippen molar-refractivity contribution in [1.29, 1.82) is 0 Å². The first-order valence-corrected chi connectivity index (χ1v) is 6.75. The highest BCUT2D eigenvalue weighted by Crippen LogP contribution is 2.23. The van der Waals surface area contributed by atoms with Crippen molar-refractivity contribution in [2.75, 3.05) is 7.11 Å². The Morgan fingerprint density at radius 2 is 2.20 bits per heavy atom. The van der Waals surface area contributed by atoms with Gasteiger partial charge in [0.1, 0.15) is 11.5 Å². The Hall–Kier alpha value is -2.34. The molecular formula is C14H14N2O3S. The van der Waals surface area contributed by atoms with Gasteiger partial charge in [0.25, 0.3) is 5.91 Å². The Kier molecular flexibility index (Phi) is 4.37. The van der Waals surface area contributed by atoms with Crippen LogP contribution < -0.4 is 10.2 Å². The van der Waals surface area contributed by atoms with Gasteiger partial charge < -0.3 is 9.84 Å². The van der Waals surface area contributed by atoms with Crippen LogP contribution in [0.15, 0.2) is 40.8 Å². The first-order valence-electron chi connectivity index (χ1n) is 5.87. The van der Waals surface area contributed by atoms with Crippen LogP contribution in [0.2, 0.25) is 0 Å². The summed E-state index contributed by atoms with van der Waals surface area (Å²) >= 11 is 1.34. The molecule has 0 aliphatic carbocycles. The molecule has 0 bridgehead atoms. The highest BCUT2D eigenvalue weighted by atomic mass is 32.1. The van der Waals surface area contributed by atoms with Crippen molar-refractivity contribution in [1.82, 2.24) is 5.43 Å². The van der Waals surface area contributed by atoms with E-state index in [1.165, 1.54) is 24.5 Å².